The number of halogens is 4. The van der Waals surface area contributed by atoms with Gasteiger partial charge in [0.2, 0.25) is 0 Å². The highest BCUT2D eigenvalue weighted by molar-refractivity contribution is 5.86. The molecule has 0 bridgehead atoms. The number of aliphatic carboxylic acids is 4. The molecule has 16 heteroatoms. The van der Waals surface area contributed by atoms with Gasteiger partial charge in [-0.25, -0.2) is 0 Å². The van der Waals surface area contributed by atoms with Crippen molar-refractivity contribution in [1.82, 2.24) is 19.6 Å². The highest BCUT2D eigenvalue weighted by Gasteiger charge is 2.24. The van der Waals surface area contributed by atoms with Crippen LogP contribution in [0.4, 0.5) is 0 Å². The summed E-state index contributed by atoms with van der Waals surface area (Å²) in [7, 11) is 0. The zero-order chi connectivity index (χ0) is 24.3. The average molecular weight is 606 g/mol. The molecule has 0 amide bonds. The summed E-state index contributed by atoms with van der Waals surface area (Å²) in [6, 6.07) is -0.322. The fourth-order valence-electron chi connectivity index (χ4n) is 3.82. The molecule has 12 nitrogen and oxygen atoms in total. The summed E-state index contributed by atoms with van der Waals surface area (Å²) >= 11 is 0. The highest BCUT2D eigenvalue weighted by Crippen LogP contribution is 2.11. The molecule has 1 saturated heterocycles. The van der Waals surface area contributed by atoms with Gasteiger partial charge in [0.1, 0.15) is 0 Å². The number of carbonyl (C=O) groups is 4. The van der Waals surface area contributed by atoms with E-state index in [-0.39, 0.29) is 87.9 Å². The number of rotatable bonds is 8. The van der Waals surface area contributed by atoms with Gasteiger partial charge < -0.3 is 20.4 Å². The summed E-state index contributed by atoms with van der Waals surface area (Å²) in [5.41, 5.74) is 0. The molecule has 36 heavy (non-hydrogen) atoms. The van der Waals surface area contributed by atoms with E-state index >= 15 is 0 Å². The molecule has 4 N–H and O–H groups in total. The van der Waals surface area contributed by atoms with Crippen molar-refractivity contribution < 1.29 is 39.6 Å². The first-order valence-electron chi connectivity index (χ1n) is 10.8. The van der Waals surface area contributed by atoms with Crippen molar-refractivity contribution >= 4 is 73.5 Å². The van der Waals surface area contributed by atoms with Gasteiger partial charge in [0, 0.05) is 51.4 Å². The summed E-state index contributed by atoms with van der Waals surface area (Å²) in [5, 5.41) is 37.1. The van der Waals surface area contributed by atoms with Crippen molar-refractivity contribution in [1.29, 1.82) is 0 Å². The summed E-state index contributed by atoms with van der Waals surface area (Å²) in [6.45, 7) is 5.23. The van der Waals surface area contributed by atoms with E-state index in [4.69, 9.17) is 0 Å². The van der Waals surface area contributed by atoms with Gasteiger partial charge >= 0.3 is 23.9 Å². The van der Waals surface area contributed by atoms with E-state index in [1.54, 1.807) is 19.6 Å². The van der Waals surface area contributed by atoms with Crippen LogP contribution in [0.3, 0.4) is 0 Å². The Morgan fingerprint density at radius 3 is 1.06 bits per heavy atom. The monoisotopic (exact) mass is 604 g/mol. The third-order valence-corrected chi connectivity index (χ3v) is 5.77. The zero-order valence-electron chi connectivity index (χ0n) is 20.5. The first-order valence-corrected chi connectivity index (χ1v) is 10.8. The van der Waals surface area contributed by atoms with Crippen molar-refractivity contribution in [3.8, 4) is 0 Å². The second-order valence-corrected chi connectivity index (χ2v) is 8.34. The molecule has 0 aliphatic carbocycles. The molecular formula is C20H40Cl4N4O8. The Morgan fingerprint density at radius 2 is 0.806 bits per heavy atom. The average Bonchev–Trinajstić information content (AvgIpc) is 2.67. The lowest BCUT2D eigenvalue weighted by atomic mass is 10.1. The second kappa shape index (κ2) is 21.9. The van der Waals surface area contributed by atoms with Crippen LogP contribution in [0.25, 0.3) is 0 Å². The van der Waals surface area contributed by atoms with Crippen molar-refractivity contribution in [2.45, 2.75) is 38.8 Å². The number of nitrogens with zero attached hydrogens (tertiary/aromatic N) is 4. The molecule has 1 rings (SSSR count). The molecule has 1 aliphatic rings. The van der Waals surface area contributed by atoms with Gasteiger partial charge in [-0.2, -0.15) is 0 Å². The van der Waals surface area contributed by atoms with Gasteiger partial charge in [0.05, 0.1) is 26.2 Å². The van der Waals surface area contributed by atoms with E-state index in [0.29, 0.717) is 52.1 Å². The van der Waals surface area contributed by atoms with Crippen LogP contribution in [0, 0.1) is 0 Å². The van der Waals surface area contributed by atoms with Crippen LogP contribution in [0.1, 0.15) is 26.7 Å². The van der Waals surface area contributed by atoms with Crippen molar-refractivity contribution in [2.75, 3.05) is 65.4 Å². The van der Waals surface area contributed by atoms with Crippen LogP contribution in [0.2, 0.25) is 0 Å². The molecule has 0 aromatic heterocycles. The molecule has 0 spiro atoms. The Hall–Kier alpha value is -1.12. The summed E-state index contributed by atoms with van der Waals surface area (Å²) in [6.07, 6.45) is 1.04. The Labute approximate surface area is 236 Å². The lowest BCUT2D eigenvalue weighted by Crippen LogP contribution is -2.48. The number of hydrogen-bond donors (Lipinski definition) is 4. The van der Waals surface area contributed by atoms with E-state index < -0.39 is 23.9 Å². The predicted octanol–water partition coefficient (Wildman–Crippen LogP) is 0.791. The maximum Gasteiger partial charge on any atom is 0.317 e. The standard InChI is InChI=1S/C20H36N4O8.4ClH/c1-15-3-5-21(11-17(25)26)8-10-24(14-20(31)32)16(2)4-6-22(12-18(27)28)7-9-23(15)13-19(29)30;;;;/h15-16H,3-14H2,1-2H3,(H,25,26)(H,27,28)(H,29,30)(H,31,32);4*1H. The summed E-state index contributed by atoms with van der Waals surface area (Å²) < 4.78 is 0. The Balaban J connectivity index is -0.00000128. The minimum Gasteiger partial charge on any atom is -0.480 e. The van der Waals surface area contributed by atoms with E-state index in [9.17, 15) is 39.6 Å². The molecule has 1 fully saturated rings. The molecule has 2 atom stereocenters. The quantitative estimate of drug-likeness (QED) is 0.308. The lowest BCUT2D eigenvalue weighted by Gasteiger charge is -2.35. The number of hydrogen-bond acceptors (Lipinski definition) is 8. The molecule has 0 aromatic rings. The van der Waals surface area contributed by atoms with Crippen LogP contribution in [-0.2, 0) is 19.2 Å². The van der Waals surface area contributed by atoms with Crippen LogP contribution < -0.4 is 0 Å². The van der Waals surface area contributed by atoms with E-state index in [2.05, 4.69) is 0 Å². The van der Waals surface area contributed by atoms with Crippen molar-refractivity contribution in [2.24, 2.45) is 0 Å². The second-order valence-electron chi connectivity index (χ2n) is 8.34. The maximum atomic E-state index is 11.3. The molecule has 0 aromatic carbocycles. The van der Waals surface area contributed by atoms with Crippen LogP contribution in [0.5, 0.6) is 0 Å². The normalized spacial score (nSPS) is 21.3. The van der Waals surface area contributed by atoms with Gasteiger partial charge in [-0.3, -0.25) is 38.8 Å². The Bertz CT molecular complexity index is 611. The van der Waals surface area contributed by atoms with Gasteiger partial charge in [-0.05, 0) is 26.7 Å². The van der Waals surface area contributed by atoms with Gasteiger partial charge in [0.25, 0.3) is 0 Å². The molecule has 0 radical (unpaired) electrons. The summed E-state index contributed by atoms with van der Waals surface area (Å²) in [5.74, 6) is -3.93. The SMILES string of the molecule is CC1CCN(CC(=O)O)CCN(CC(=O)O)C(C)CCN(CC(=O)O)CCN1CC(=O)O.Cl.Cl.Cl.Cl. The first-order chi connectivity index (χ1) is 15.0. The third kappa shape index (κ3) is 18.2. The molecule has 0 saturated carbocycles. The van der Waals surface area contributed by atoms with Gasteiger partial charge in [0.15, 0.2) is 0 Å². The van der Waals surface area contributed by atoms with Crippen molar-refractivity contribution in [3.63, 3.8) is 0 Å². The Kier molecular flexibility index (Phi) is 25.6. The maximum absolute atomic E-state index is 11.3. The van der Waals surface area contributed by atoms with E-state index in [1.165, 1.54) is 0 Å². The number of carboxylic acids is 4. The highest BCUT2D eigenvalue weighted by atomic mass is 35.5. The van der Waals surface area contributed by atoms with Crippen LogP contribution >= 0.6 is 49.6 Å². The lowest BCUT2D eigenvalue weighted by molar-refractivity contribution is -0.141. The first kappa shape index (κ1) is 42.0. The molecule has 2 unspecified atom stereocenters. The van der Waals surface area contributed by atoms with Crippen LogP contribution in [0.15, 0.2) is 0 Å². The molecular weight excluding hydrogens is 566 g/mol. The van der Waals surface area contributed by atoms with Gasteiger partial charge in [-0.1, -0.05) is 0 Å². The molecule has 216 valence electrons. The zero-order valence-corrected chi connectivity index (χ0v) is 23.7. The summed E-state index contributed by atoms with van der Waals surface area (Å²) in [4.78, 5) is 52.3. The molecule has 1 heterocycles. The fourth-order valence-corrected chi connectivity index (χ4v) is 3.82. The number of carboxylic acid groups (broad SMARTS) is 4. The fraction of sp³-hybridized carbons (Fsp3) is 0.800. The minimum atomic E-state index is -0.983. The largest absolute Gasteiger partial charge is 0.480 e. The topological polar surface area (TPSA) is 162 Å². The van der Waals surface area contributed by atoms with Gasteiger partial charge in [-0.15, -0.1) is 49.6 Å². The van der Waals surface area contributed by atoms with Crippen LogP contribution in [-0.4, -0.2) is 141 Å². The predicted molar refractivity (Wildman–Crippen MR) is 144 cm³/mol. The van der Waals surface area contributed by atoms with E-state index in [1.807, 2.05) is 13.8 Å². The molecule has 1 aliphatic heterocycles. The van der Waals surface area contributed by atoms with Crippen molar-refractivity contribution in [3.05, 3.63) is 0 Å². The third-order valence-electron chi connectivity index (χ3n) is 5.77. The smallest absolute Gasteiger partial charge is 0.317 e. The van der Waals surface area contributed by atoms with E-state index in [0.717, 1.165) is 0 Å². The minimum absolute atomic E-state index is 0. The Morgan fingerprint density at radius 1 is 0.528 bits per heavy atom.